The third-order valence-electron chi connectivity index (χ3n) is 5.32. The van der Waals surface area contributed by atoms with Gasteiger partial charge >= 0.3 is 0 Å². The number of amides is 1. The van der Waals surface area contributed by atoms with Crippen LogP contribution in [0.4, 0.5) is 0 Å². The molecule has 0 unspecified atom stereocenters. The van der Waals surface area contributed by atoms with Crippen LogP contribution in [0.5, 0.6) is 5.75 Å². The lowest BCUT2D eigenvalue weighted by Gasteiger charge is -2.34. The quantitative estimate of drug-likeness (QED) is 0.592. The van der Waals surface area contributed by atoms with E-state index in [4.69, 9.17) is 4.74 Å². The number of hydrogen-bond donors (Lipinski definition) is 0. The van der Waals surface area contributed by atoms with Crippen molar-refractivity contribution < 1.29 is 17.9 Å². The molecule has 0 N–H and O–H groups in total. The maximum Gasteiger partial charge on any atom is 0.253 e. The van der Waals surface area contributed by atoms with Crippen LogP contribution in [-0.4, -0.2) is 60.9 Å². The highest BCUT2D eigenvalue weighted by atomic mass is 32.2. The van der Waals surface area contributed by atoms with E-state index < -0.39 is 10.0 Å². The number of benzene rings is 2. The maximum atomic E-state index is 12.9. The van der Waals surface area contributed by atoms with Crippen molar-refractivity contribution in [3.8, 4) is 11.4 Å². The van der Waals surface area contributed by atoms with Gasteiger partial charge in [0.1, 0.15) is 5.75 Å². The number of rotatable bonds is 6. The summed E-state index contributed by atoms with van der Waals surface area (Å²) in [6.07, 6.45) is 3.89. The van der Waals surface area contributed by atoms with Gasteiger partial charge in [-0.15, -0.1) is 0 Å². The molecule has 1 fully saturated rings. The van der Waals surface area contributed by atoms with Crippen LogP contribution >= 0.6 is 0 Å². The average Bonchev–Trinajstić information content (AvgIpc) is 3.34. The van der Waals surface area contributed by atoms with Crippen molar-refractivity contribution >= 4 is 15.9 Å². The highest BCUT2D eigenvalue weighted by Gasteiger charge is 2.30. The van der Waals surface area contributed by atoms with Gasteiger partial charge in [-0.2, -0.15) is 4.31 Å². The van der Waals surface area contributed by atoms with E-state index in [0.717, 1.165) is 5.69 Å². The molecular formula is C23H25N3O4S. The summed E-state index contributed by atoms with van der Waals surface area (Å²) in [4.78, 5) is 14.8. The van der Waals surface area contributed by atoms with Crippen molar-refractivity contribution in [1.82, 2.24) is 13.8 Å². The van der Waals surface area contributed by atoms with E-state index in [1.54, 1.807) is 41.3 Å². The van der Waals surface area contributed by atoms with Crippen LogP contribution in [-0.2, 0) is 10.0 Å². The van der Waals surface area contributed by atoms with Crippen LogP contribution in [0.15, 0.2) is 78.0 Å². The zero-order valence-corrected chi connectivity index (χ0v) is 18.2. The number of aromatic nitrogens is 1. The van der Waals surface area contributed by atoms with E-state index in [1.165, 1.54) is 4.31 Å². The summed E-state index contributed by atoms with van der Waals surface area (Å²) in [7, 11) is -3.60. The van der Waals surface area contributed by atoms with Crippen molar-refractivity contribution in [3.63, 3.8) is 0 Å². The average molecular weight is 440 g/mol. The van der Waals surface area contributed by atoms with Crippen molar-refractivity contribution in [1.29, 1.82) is 0 Å². The number of piperazine rings is 1. The minimum absolute atomic E-state index is 0.0860. The Balaban J connectivity index is 1.39. The van der Waals surface area contributed by atoms with Gasteiger partial charge in [0, 0.05) is 49.8 Å². The van der Waals surface area contributed by atoms with E-state index in [2.05, 4.69) is 0 Å². The van der Waals surface area contributed by atoms with Gasteiger partial charge in [0.25, 0.3) is 5.91 Å². The number of sulfonamides is 1. The molecule has 1 aliphatic rings. The third kappa shape index (κ3) is 4.50. The number of carbonyl (C=O) groups excluding carboxylic acids is 1. The fourth-order valence-electron chi connectivity index (χ4n) is 3.62. The fourth-order valence-corrected chi connectivity index (χ4v) is 5.04. The predicted octanol–water partition coefficient (Wildman–Crippen LogP) is 3.02. The SMILES string of the molecule is CCOc1ccc(S(=O)(=O)N2CCN(C(=O)c3ccc(-n4cccc4)cc3)CC2)cc1. The van der Waals surface area contributed by atoms with Crippen molar-refractivity contribution in [2.24, 2.45) is 0 Å². The molecule has 1 amide bonds. The van der Waals surface area contributed by atoms with Crippen LogP contribution in [0.3, 0.4) is 0 Å². The lowest BCUT2D eigenvalue weighted by Crippen LogP contribution is -2.50. The molecule has 3 aromatic rings. The van der Waals surface area contributed by atoms with Gasteiger partial charge in [0.2, 0.25) is 10.0 Å². The molecule has 8 heteroatoms. The van der Waals surface area contributed by atoms with Gasteiger partial charge < -0.3 is 14.2 Å². The maximum absolute atomic E-state index is 12.9. The molecule has 162 valence electrons. The van der Waals surface area contributed by atoms with Crippen LogP contribution in [0.25, 0.3) is 5.69 Å². The summed E-state index contributed by atoms with van der Waals surface area (Å²) >= 11 is 0. The summed E-state index contributed by atoms with van der Waals surface area (Å²) in [5.74, 6) is 0.553. The predicted molar refractivity (Wildman–Crippen MR) is 118 cm³/mol. The molecule has 1 saturated heterocycles. The van der Waals surface area contributed by atoms with Gasteiger partial charge in [-0.1, -0.05) is 0 Å². The number of nitrogens with zero attached hydrogens (tertiary/aromatic N) is 3. The molecule has 0 atom stereocenters. The molecule has 2 aromatic carbocycles. The van der Waals surface area contributed by atoms with Crippen molar-refractivity contribution in [2.45, 2.75) is 11.8 Å². The van der Waals surface area contributed by atoms with Gasteiger partial charge in [0.15, 0.2) is 0 Å². The van der Waals surface area contributed by atoms with Gasteiger partial charge in [-0.05, 0) is 67.6 Å². The minimum atomic E-state index is -3.60. The molecule has 1 aromatic heterocycles. The Morgan fingerprint density at radius 1 is 0.903 bits per heavy atom. The lowest BCUT2D eigenvalue weighted by molar-refractivity contribution is 0.0698. The van der Waals surface area contributed by atoms with Gasteiger partial charge in [-0.3, -0.25) is 4.79 Å². The Morgan fingerprint density at radius 2 is 1.52 bits per heavy atom. The van der Waals surface area contributed by atoms with E-state index >= 15 is 0 Å². The lowest BCUT2D eigenvalue weighted by atomic mass is 10.1. The minimum Gasteiger partial charge on any atom is -0.494 e. The van der Waals surface area contributed by atoms with Crippen molar-refractivity contribution in [2.75, 3.05) is 32.8 Å². The molecule has 2 heterocycles. The van der Waals surface area contributed by atoms with E-state index in [-0.39, 0.29) is 23.9 Å². The molecule has 4 rings (SSSR count). The zero-order chi connectivity index (χ0) is 21.8. The second-order valence-electron chi connectivity index (χ2n) is 7.24. The van der Waals surface area contributed by atoms with Crippen LogP contribution in [0, 0.1) is 0 Å². The number of hydrogen-bond acceptors (Lipinski definition) is 4. The standard InChI is InChI=1S/C23H25N3O4S/c1-2-30-21-9-11-22(12-10-21)31(28,29)26-17-15-25(16-18-26)23(27)19-5-7-20(8-6-19)24-13-3-4-14-24/h3-14H,2,15-18H2,1H3. The topological polar surface area (TPSA) is 71.9 Å². The molecule has 0 spiro atoms. The van der Waals surface area contributed by atoms with Crippen LogP contribution in [0.1, 0.15) is 17.3 Å². The monoisotopic (exact) mass is 439 g/mol. The van der Waals surface area contributed by atoms with Gasteiger partial charge in [-0.25, -0.2) is 8.42 Å². The van der Waals surface area contributed by atoms with Gasteiger partial charge in [0.05, 0.1) is 11.5 Å². The summed E-state index contributed by atoms with van der Waals surface area (Å²) in [5.41, 5.74) is 1.58. The molecule has 0 aliphatic carbocycles. The molecular weight excluding hydrogens is 414 g/mol. The largest absolute Gasteiger partial charge is 0.494 e. The Labute approximate surface area is 182 Å². The number of carbonyl (C=O) groups is 1. The fraction of sp³-hybridized carbons (Fsp3) is 0.261. The second kappa shape index (κ2) is 8.95. The molecule has 7 nitrogen and oxygen atoms in total. The molecule has 0 radical (unpaired) electrons. The normalized spacial score (nSPS) is 15.1. The molecule has 31 heavy (non-hydrogen) atoms. The highest BCUT2D eigenvalue weighted by Crippen LogP contribution is 2.21. The first-order valence-corrected chi connectivity index (χ1v) is 11.7. The van der Waals surface area contributed by atoms with E-state index in [1.807, 2.05) is 48.1 Å². The third-order valence-corrected chi connectivity index (χ3v) is 7.23. The summed E-state index contributed by atoms with van der Waals surface area (Å²) < 4.78 is 34.6. The Hall–Kier alpha value is -3.10. The highest BCUT2D eigenvalue weighted by molar-refractivity contribution is 7.89. The second-order valence-corrected chi connectivity index (χ2v) is 9.18. The smallest absolute Gasteiger partial charge is 0.253 e. The first-order chi connectivity index (χ1) is 15.0. The molecule has 1 aliphatic heterocycles. The Kier molecular flexibility index (Phi) is 6.11. The summed E-state index contributed by atoms with van der Waals surface area (Å²) in [6.45, 7) is 3.65. The molecule has 0 saturated carbocycles. The van der Waals surface area contributed by atoms with Crippen molar-refractivity contribution in [3.05, 3.63) is 78.6 Å². The Morgan fingerprint density at radius 3 is 2.10 bits per heavy atom. The van der Waals surface area contributed by atoms with E-state index in [0.29, 0.717) is 31.0 Å². The number of ether oxygens (including phenoxy) is 1. The molecule has 0 bridgehead atoms. The van der Waals surface area contributed by atoms with E-state index in [9.17, 15) is 13.2 Å². The summed E-state index contributed by atoms with van der Waals surface area (Å²) in [5, 5.41) is 0. The summed E-state index contributed by atoms with van der Waals surface area (Å²) in [6, 6.07) is 17.7. The Bertz CT molecular complexity index is 1120. The zero-order valence-electron chi connectivity index (χ0n) is 17.3. The van der Waals surface area contributed by atoms with Crippen LogP contribution in [0.2, 0.25) is 0 Å². The first-order valence-electron chi connectivity index (χ1n) is 10.2. The van der Waals surface area contributed by atoms with Crippen LogP contribution < -0.4 is 4.74 Å². The first kappa shape index (κ1) is 21.1.